The zero-order valence-corrected chi connectivity index (χ0v) is 16.2. The minimum absolute atomic E-state index is 0. The zero-order chi connectivity index (χ0) is 19.7. The van der Waals surface area contributed by atoms with E-state index in [9.17, 15) is 4.79 Å². The van der Waals surface area contributed by atoms with Crippen molar-refractivity contribution < 1.29 is 14.6 Å². The molecule has 0 radical (unpaired) electrons. The molecule has 148 valence electrons. The van der Waals surface area contributed by atoms with Gasteiger partial charge < -0.3 is 26.7 Å². The maximum absolute atomic E-state index is 11.7. The van der Waals surface area contributed by atoms with Crippen LogP contribution in [-0.4, -0.2) is 36.0 Å². The second-order valence-corrected chi connectivity index (χ2v) is 5.59. The summed E-state index contributed by atoms with van der Waals surface area (Å²) in [6, 6.07) is 12.7. The van der Waals surface area contributed by atoms with Crippen LogP contribution in [0, 0.1) is 12.3 Å². The highest BCUT2D eigenvalue weighted by atomic mass is 16.5. The molecule has 0 aliphatic carbocycles. The number of hydrogen-bond donors (Lipinski definition) is 5. The van der Waals surface area contributed by atoms with Crippen LogP contribution in [0.25, 0.3) is 0 Å². The van der Waals surface area contributed by atoms with Gasteiger partial charge in [-0.1, -0.05) is 18.2 Å². The molecule has 0 heterocycles. The summed E-state index contributed by atoms with van der Waals surface area (Å²) in [5, 5.41) is 18.4. The van der Waals surface area contributed by atoms with Crippen molar-refractivity contribution in [1.29, 1.82) is 5.41 Å². The van der Waals surface area contributed by atoms with Gasteiger partial charge >= 0.3 is 6.03 Å². The normalized spacial score (nSPS) is 9.26. The molecule has 8 nitrogen and oxygen atoms in total. The van der Waals surface area contributed by atoms with Crippen LogP contribution < -0.4 is 22.0 Å². The van der Waals surface area contributed by atoms with Crippen molar-refractivity contribution in [3.63, 3.8) is 0 Å². The predicted octanol–water partition coefficient (Wildman–Crippen LogP) is 3.07. The van der Waals surface area contributed by atoms with Gasteiger partial charge in [-0.15, -0.1) is 0 Å². The summed E-state index contributed by atoms with van der Waals surface area (Å²) >= 11 is 0. The number of nitrogens with one attached hydrogen (secondary N) is 2. The third-order valence-electron chi connectivity index (χ3n) is 3.57. The second kappa shape index (κ2) is 11.6. The van der Waals surface area contributed by atoms with E-state index in [0.717, 1.165) is 34.6 Å². The van der Waals surface area contributed by atoms with Crippen LogP contribution in [0.1, 0.15) is 23.6 Å². The fourth-order valence-corrected chi connectivity index (χ4v) is 2.17. The highest BCUT2D eigenvalue weighted by molar-refractivity contribution is 5.96. The molecule has 8 heteroatoms. The Morgan fingerprint density at radius 3 is 2.44 bits per heavy atom. The minimum Gasteiger partial charge on any atom is -0.489 e. The number of aliphatic hydroxyl groups excluding tert-OH is 1. The number of para-hydroxylation sites is 1. The zero-order valence-electron chi connectivity index (χ0n) is 16.2. The van der Waals surface area contributed by atoms with Gasteiger partial charge in [0.2, 0.25) is 0 Å². The molecular formula is C19H29N5O3. The largest absolute Gasteiger partial charge is 0.489 e. The van der Waals surface area contributed by atoms with Crippen LogP contribution >= 0.6 is 0 Å². The lowest BCUT2D eigenvalue weighted by Gasteiger charge is -2.16. The number of hydrogen-bond acceptors (Lipinski definition) is 6. The first-order chi connectivity index (χ1) is 12.4. The molecule has 0 aromatic heterocycles. The van der Waals surface area contributed by atoms with Crippen LogP contribution in [0.5, 0.6) is 5.75 Å². The first-order valence-corrected chi connectivity index (χ1v) is 7.99. The summed E-state index contributed by atoms with van der Waals surface area (Å²) in [6.45, 7) is 4.01. The van der Waals surface area contributed by atoms with Gasteiger partial charge in [0.25, 0.3) is 0 Å². The number of aryl methyl sites for hydroxylation is 1. The summed E-state index contributed by atoms with van der Waals surface area (Å²) in [7, 11) is 2.48. The van der Waals surface area contributed by atoms with E-state index in [1.807, 2.05) is 43.3 Å². The van der Waals surface area contributed by atoms with Crippen LogP contribution in [0.15, 0.2) is 42.5 Å². The predicted molar refractivity (Wildman–Crippen MR) is 109 cm³/mol. The Bertz CT molecular complexity index is 763. The Kier molecular flexibility index (Phi) is 10.4. The summed E-state index contributed by atoms with van der Waals surface area (Å²) in [5.41, 5.74) is 3.85. The minimum atomic E-state index is -0.399. The van der Waals surface area contributed by atoms with Crippen molar-refractivity contribution in [2.45, 2.75) is 20.5 Å². The standard InChI is InChI=1S/C18H22N4O2.CH4O.H3N/c1-12-10-14(13(2)19)8-9-17(12)24-11-15-6-4-5-7-16(15)21-18(23)22(3)20;1-2;/h4-10,19H,11,20H2,1-3H3,(H,21,23);2H,1H3;1H3. The maximum Gasteiger partial charge on any atom is 0.335 e. The average Bonchev–Trinajstić information content (AvgIpc) is 2.63. The number of hydrazine groups is 1. The van der Waals surface area contributed by atoms with Gasteiger partial charge in [0, 0.05) is 31.1 Å². The fraction of sp³-hybridized carbons (Fsp3) is 0.263. The summed E-state index contributed by atoms with van der Waals surface area (Å²) in [4.78, 5) is 11.7. The number of ether oxygens (including phenoxy) is 1. The molecule has 0 aliphatic heterocycles. The Morgan fingerprint density at radius 2 is 1.89 bits per heavy atom. The van der Waals surface area contributed by atoms with Crippen LogP contribution in [0.4, 0.5) is 10.5 Å². The van der Waals surface area contributed by atoms with E-state index in [-0.39, 0.29) is 6.15 Å². The van der Waals surface area contributed by atoms with Gasteiger partial charge in [0.05, 0.1) is 0 Å². The van der Waals surface area contributed by atoms with E-state index in [4.69, 9.17) is 21.1 Å². The molecule has 0 saturated carbocycles. The maximum atomic E-state index is 11.7. The molecule has 0 saturated heterocycles. The number of carbonyl (C=O) groups excluding carboxylic acids is 1. The number of benzene rings is 2. The molecule has 2 aromatic carbocycles. The molecule has 8 N–H and O–H groups in total. The van der Waals surface area contributed by atoms with Crippen molar-refractivity contribution in [3.05, 3.63) is 59.2 Å². The number of anilines is 1. The highest BCUT2D eigenvalue weighted by Crippen LogP contribution is 2.23. The molecule has 2 amide bonds. The third-order valence-corrected chi connectivity index (χ3v) is 3.57. The quantitative estimate of drug-likeness (QED) is 0.236. The highest BCUT2D eigenvalue weighted by Gasteiger charge is 2.09. The number of carbonyl (C=O) groups is 1. The van der Waals surface area contributed by atoms with Gasteiger partial charge in [-0.05, 0) is 49.2 Å². The van der Waals surface area contributed by atoms with E-state index in [2.05, 4.69) is 5.32 Å². The van der Waals surface area contributed by atoms with Crippen molar-refractivity contribution in [3.8, 4) is 5.75 Å². The SMILES string of the molecule is CC(=N)c1ccc(OCc2ccccc2NC(=O)N(C)N)c(C)c1.CO.N. The Labute approximate surface area is 160 Å². The first-order valence-electron chi connectivity index (χ1n) is 7.99. The van der Waals surface area contributed by atoms with E-state index in [1.54, 1.807) is 13.0 Å². The van der Waals surface area contributed by atoms with Crippen LogP contribution in [-0.2, 0) is 6.61 Å². The van der Waals surface area contributed by atoms with Gasteiger partial charge in [0.15, 0.2) is 0 Å². The van der Waals surface area contributed by atoms with E-state index in [1.165, 1.54) is 7.05 Å². The topological polar surface area (TPSA) is 147 Å². The number of nitrogens with two attached hydrogens (primary N) is 1. The lowest BCUT2D eigenvalue weighted by Crippen LogP contribution is -2.37. The molecule has 0 aliphatic rings. The lowest BCUT2D eigenvalue weighted by atomic mass is 10.1. The van der Waals surface area contributed by atoms with Gasteiger partial charge in [-0.2, -0.15) is 0 Å². The van der Waals surface area contributed by atoms with Crippen molar-refractivity contribution in [2.24, 2.45) is 5.84 Å². The number of aliphatic hydroxyl groups is 1. The van der Waals surface area contributed by atoms with Crippen molar-refractivity contribution in [1.82, 2.24) is 11.2 Å². The van der Waals surface area contributed by atoms with E-state index >= 15 is 0 Å². The summed E-state index contributed by atoms with van der Waals surface area (Å²) in [6.07, 6.45) is 0. The number of rotatable bonds is 5. The van der Waals surface area contributed by atoms with Gasteiger partial charge in [-0.3, -0.25) is 5.01 Å². The third kappa shape index (κ3) is 7.06. The summed E-state index contributed by atoms with van der Waals surface area (Å²) in [5.74, 6) is 6.18. The van der Waals surface area contributed by atoms with E-state index in [0.29, 0.717) is 18.0 Å². The number of urea groups is 1. The number of amides is 2. The van der Waals surface area contributed by atoms with Crippen LogP contribution in [0.3, 0.4) is 0 Å². The smallest absolute Gasteiger partial charge is 0.335 e. The van der Waals surface area contributed by atoms with Crippen molar-refractivity contribution >= 4 is 17.4 Å². The Hall–Kier alpha value is -2.94. The molecule has 0 unspecified atom stereocenters. The monoisotopic (exact) mass is 375 g/mol. The molecule has 0 spiro atoms. The molecule has 2 aromatic rings. The lowest BCUT2D eigenvalue weighted by molar-refractivity contribution is 0.223. The van der Waals surface area contributed by atoms with E-state index < -0.39 is 6.03 Å². The molecule has 2 rings (SSSR count). The molecular weight excluding hydrogens is 346 g/mol. The molecule has 27 heavy (non-hydrogen) atoms. The average molecular weight is 375 g/mol. The van der Waals surface area contributed by atoms with Gasteiger partial charge in [-0.25, -0.2) is 10.6 Å². The number of nitrogens with zero attached hydrogens (tertiary/aromatic N) is 1. The Morgan fingerprint density at radius 1 is 1.26 bits per heavy atom. The molecule has 0 fully saturated rings. The Balaban J connectivity index is 0.00000218. The summed E-state index contributed by atoms with van der Waals surface area (Å²) < 4.78 is 5.87. The van der Waals surface area contributed by atoms with Gasteiger partial charge in [0.1, 0.15) is 12.4 Å². The fourth-order valence-electron chi connectivity index (χ4n) is 2.17. The van der Waals surface area contributed by atoms with Crippen LogP contribution in [0.2, 0.25) is 0 Å². The van der Waals surface area contributed by atoms with Crippen molar-refractivity contribution in [2.75, 3.05) is 19.5 Å². The molecule has 0 bridgehead atoms. The first kappa shape index (κ1) is 24.1. The second-order valence-electron chi connectivity index (χ2n) is 5.59. The molecule has 0 atom stereocenters.